The molecule has 0 unspecified atom stereocenters. The van der Waals surface area contributed by atoms with Crippen LogP contribution in [0.25, 0.3) is 0 Å². The molecular formula is C39H57N7O9S. The molecule has 5 N–H and O–H groups in total. The predicted octanol–water partition coefficient (Wildman–Crippen LogP) is 3.14. The second-order valence-corrected chi connectivity index (χ2v) is 15.6. The molecule has 1 fully saturated rings. The van der Waals surface area contributed by atoms with Gasteiger partial charge in [-0.2, -0.15) is 0 Å². The summed E-state index contributed by atoms with van der Waals surface area (Å²) >= 11 is 1.07. The highest BCUT2D eigenvalue weighted by Gasteiger charge is 2.37. The lowest BCUT2D eigenvalue weighted by atomic mass is 9.92. The Morgan fingerprint density at radius 3 is 2.29 bits per heavy atom. The molecule has 1 aliphatic rings. The van der Waals surface area contributed by atoms with E-state index in [2.05, 4.69) is 26.3 Å². The topological polar surface area (TPSA) is 216 Å². The van der Waals surface area contributed by atoms with Crippen LogP contribution >= 0.6 is 11.3 Å². The number of rotatable bonds is 19. The van der Waals surface area contributed by atoms with Gasteiger partial charge in [0.15, 0.2) is 6.10 Å². The molecule has 0 aliphatic carbocycles. The van der Waals surface area contributed by atoms with E-state index in [1.54, 1.807) is 36.2 Å². The smallest absolute Gasteiger partial charge is 0.326 e. The number of ether oxygens (including phenoxy) is 1. The van der Waals surface area contributed by atoms with Gasteiger partial charge in [-0.3, -0.25) is 33.7 Å². The molecule has 1 saturated heterocycles. The van der Waals surface area contributed by atoms with Gasteiger partial charge in [-0.1, -0.05) is 52.7 Å². The van der Waals surface area contributed by atoms with Gasteiger partial charge in [0.25, 0.3) is 5.91 Å². The summed E-state index contributed by atoms with van der Waals surface area (Å²) < 4.78 is 5.71. The minimum absolute atomic E-state index is 0.0663. The number of carboxylic acid groups (broad SMARTS) is 1. The van der Waals surface area contributed by atoms with Gasteiger partial charge in [-0.15, -0.1) is 11.3 Å². The van der Waals surface area contributed by atoms with Gasteiger partial charge in [-0.05, 0) is 56.0 Å². The molecule has 6 atom stereocenters. The van der Waals surface area contributed by atoms with Crippen LogP contribution in [-0.2, 0) is 39.9 Å². The summed E-state index contributed by atoms with van der Waals surface area (Å²) in [5.41, 5.74) is 0.946. The fraction of sp³-hybridized carbons (Fsp3) is 0.590. The lowest BCUT2D eigenvalue weighted by Gasteiger charge is -2.38. The van der Waals surface area contributed by atoms with E-state index in [1.165, 1.54) is 19.2 Å². The summed E-state index contributed by atoms with van der Waals surface area (Å²) in [6.45, 7) is 11.0. The van der Waals surface area contributed by atoms with Crippen molar-refractivity contribution in [2.45, 2.75) is 110 Å². The summed E-state index contributed by atoms with van der Waals surface area (Å²) in [7, 11) is 3.60. The van der Waals surface area contributed by atoms with Crippen molar-refractivity contribution in [1.82, 2.24) is 30.7 Å². The van der Waals surface area contributed by atoms with Crippen LogP contribution in [0.2, 0.25) is 0 Å². The first-order chi connectivity index (χ1) is 26.4. The minimum atomic E-state index is -1.32. The van der Waals surface area contributed by atoms with Gasteiger partial charge in [0.2, 0.25) is 23.6 Å². The summed E-state index contributed by atoms with van der Waals surface area (Å²) in [5.74, 6) is -4.06. The maximum absolute atomic E-state index is 14.2. The zero-order valence-electron chi connectivity index (χ0n) is 33.5. The van der Waals surface area contributed by atoms with Gasteiger partial charge in [0.1, 0.15) is 22.8 Å². The lowest BCUT2D eigenvalue weighted by molar-refractivity contribution is -0.149. The summed E-state index contributed by atoms with van der Waals surface area (Å²) in [5, 5.41) is 22.3. The molecule has 0 radical (unpaired) electrons. The molecule has 308 valence electrons. The van der Waals surface area contributed by atoms with Crippen molar-refractivity contribution < 1.29 is 43.4 Å². The minimum Gasteiger partial charge on any atom is -0.480 e. The number of carboxylic acids is 1. The van der Waals surface area contributed by atoms with Crippen LogP contribution in [-0.4, -0.2) is 113 Å². The Morgan fingerprint density at radius 2 is 1.71 bits per heavy atom. The number of likely N-dealkylation sites (tertiary alicyclic amines) is 1. The molecule has 0 bridgehead atoms. The Kier molecular flexibility index (Phi) is 17.4. The van der Waals surface area contributed by atoms with Crippen LogP contribution in [0.15, 0.2) is 29.6 Å². The van der Waals surface area contributed by atoms with Crippen molar-refractivity contribution in [1.29, 1.82) is 0 Å². The van der Waals surface area contributed by atoms with Crippen LogP contribution in [0.3, 0.4) is 0 Å². The third kappa shape index (κ3) is 13.4. The van der Waals surface area contributed by atoms with Gasteiger partial charge in [0.05, 0.1) is 12.6 Å². The number of carbonyl (C=O) groups excluding carboxylic acids is 6. The monoisotopic (exact) mass is 799 g/mol. The number of aliphatic carboxylic acids is 1. The summed E-state index contributed by atoms with van der Waals surface area (Å²) in [6.07, 6.45) is 2.51. The normalized spacial score (nSPS) is 17.1. The van der Waals surface area contributed by atoms with Crippen molar-refractivity contribution in [2.75, 3.05) is 32.5 Å². The predicted molar refractivity (Wildman–Crippen MR) is 211 cm³/mol. The van der Waals surface area contributed by atoms with Crippen molar-refractivity contribution in [3.05, 3.63) is 45.9 Å². The lowest BCUT2D eigenvalue weighted by Crippen LogP contribution is -2.58. The Balaban J connectivity index is 1.74. The number of amides is 5. The van der Waals surface area contributed by atoms with Gasteiger partial charge >= 0.3 is 11.9 Å². The van der Waals surface area contributed by atoms with E-state index in [9.17, 15) is 38.7 Å². The first-order valence-corrected chi connectivity index (χ1v) is 19.9. The number of esters is 1. The molecule has 5 amide bonds. The second-order valence-electron chi connectivity index (χ2n) is 14.8. The van der Waals surface area contributed by atoms with E-state index in [0.29, 0.717) is 22.7 Å². The molecule has 56 heavy (non-hydrogen) atoms. The molecule has 2 heterocycles. The molecule has 16 nitrogen and oxygen atoms in total. The maximum atomic E-state index is 14.2. The highest BCUT2D eigenvalue weighted by Crippen LogP contribution is 2.31. The second kappa shape index (κ2) is 21.4. The van der Waals surface area contributed by atoms with Crippen molar-refractivity contribution in [3.63, 3.8) is 0 Å². The molecule has 1 aromatic heterocycles. The number of likely N-dealkylation sites (N-methyl/N-ethyl adjacent to an activating group) is 2. The standard InChI is InChI=1S/C39H57N7O9S/c1-9-23(4)34(44-36(51)30-12-10-11-17-45(30)7)38(52)46(8)31(22(2)3)19-32(55-25(6)48)37-43-29(21-56-37)35(50)42-28(39(53)54)18-26-13-15-27(16-14-26)41-33(49)20-40-24(5)47/h13-16,21-23,28,30-32,34H,9-12,17-20H2,1-8H3,(H,40,47)(H,41,49)(H,42,50)(H,44,51)(H,53,54)/t23-,28-,30+,31+,32+,34-/m0/s1. The Hall–Kier alpha value is -4.90. The molecule has 2 aromatic rings. The molecule has 1 aromatic carbocycles. The average molecular weight is 800 g/mol. The quantitative estimate of drug-likeness (QED) is 0.130. The summed E-state index contributed by atoms with van der Waals surface area (Å²) in [6, 6.07) is 3.54. The molecular weight excluding hydrogens is 743 g/mol. The van der Waals surface area contributed by atoms with Crippen LogP contribution in [0, 0.1) is 11.8 Å². The van der Waals surface area contributed by atoms with E-state index < -0.39 is 48.0 Å². The average Bonchev–Trinajstić information content (AvgIpc) is 3.65. The van der Waals surface area contributed by atoms with E-state index in [1.807, 2.05) is 39.6 Å². The zero-order valence-corrected chi connectivity index (χ0v) is 34.4. The van der Waals surface area contributed by atoms with E-state index in [0.717, 1.165) is 37.1 Å². The fourth-order valence-electron chi connectivity index (χ4n) is 6.56. The Bertz CT molecular complexity index is 1700. The van der Waals surface area contributed by atoms with Gasteiger partial charge in [-0.25, -0.2) is 9.78 Å². The molecule has 17 heteroatoms. The highest BCUT2D eigenvalue weighted by molar-refractivity contribution is 7.09. The maximum Gasteiger partial charge on any atom is 0.326 e. The van der Waals surface area contributed by atoms with E-state index in [4.69, 9.17) is 4.74 Å². The van der Waals surface area contributed by atoms with E-state index in [-0.39, 0.29) is 60.7 Å². The number of carbonyl (C=O) groups is 7. The van der Waals surface area contributed by atoms with Gasteiger partial charge < -0.3 is 36.0 Å². The number of piperidine rings is 1. The Morgan fingerprint density at radius 1 is 1.04 bits per heavy atom. The number of thiazole rings is 1. The fourth-order valence-corrected chi connectivity index (χ4v) is 7.40. The van der Waals surface area contributed by atoms with E-state index >= 15 is 0 Å². The van der Waals surface area contributed by atoms with Crippen LogP contribution < -0.4 is 21.3 Å². The number of nitrogens with zero attached hydrogens (tertiary/aromatic N) is 3. The van der Waals surface area contributed by atoms with Crippen LogP contribution in [0.1, 0.15) is 101 Å². The van der Waals surface area contributed by atoms with Crippen molar-refractivity contribution >= 4 is 58.5 Å². The van der Waals surface area contributed by atoms with Gasteiger partial charge in [0, 0.05) is 50.8 Å². The molecule has 1 aliphatic heterocycles. The Labute approximate surface area is 332 Å². The highest BCUT2D eigenvalue weighted by atomic mass is 32.1. The first kappa shape index (κ1) is 45.5. The van der Waals surface area contributed by atoms with Crippen molar-refractivity contribution in [2.24, 2.45) is 11.8 Å². The number of benzene rings is 1. The third-order valence-corrected chi connectivity index (χ3v) is 11.0. The summed E-state index contributed by atoms with van der Waals surface area (Å²) in [4.78, 5) is 96.5. The SMILES string of the molecule is CC[C@H](C)[C@H](NC(=O)[C@H]1CCCCN1C)C(=O)N(C)[C@H](C[C@@H](OC(C)=O)c1nc(C(=O)N[C@@H](Cc2ccc(NC(=O)CNC(C)=O)cc2)C(=O)O)cs1)C(C)C. The largest absolute Gasteiger partial charge is 0.480 e. The number of hydrogen-bond acceptors (Lipinski definition) is 11. The zero-order chi connectivity index (χ0) is 41.7. The number of aromatic nitrogens is 1. The molecule has 0 spiro atoms. The number of hydrogen-bond donors (Lipinski definition) is 5. The number of anilines is 1. The van der Waals surface area contributed by atoms with Crippen LogP contribution in [0.4, 0.5) is 5.69 Å². The first-order valence-electron chi connectivity index (χ1n) is 19.0. The van der Waals surface area contributed by atoms with Crippen LogP contribution in [0.5, 0.6) is 0 Å². The number of nitrogens with one attached hydrogen (secondary N) is 4. The van der Waals surface area contributed by atoms with Crippen molar-refractivity contribution in [3.8, 4) is 0 Å². The molecule has 0 saturated carbocycles. The third-order valence-electron chi connectivity index (χ3n) is 10.0. The molecule has 3 rings (SSSR count).